The number of hydrogen-bond donors (Lipinski definition) is 2. The van der Waals surface area contributed by atoms with Crippen LogP contribution in [0.1, 0.15) is 10.4 Å². The van der Waals surface area contributed by atoms with Gasteiger partial charge in [0, 0.05) is 18.7 Å². The van der Waals surface area contributed by atoms with Crippen molar-refractivity contribution in [2.75, 3.05) is 13.1 Å². The lowest BCUT2D eigenvalue weighted by Gasteiger charge is -2.27. The Labute approximate surface area is 97.8 Å². The average Bonchev–Trinajstić information content (AvgIpc) is 2.15. The first-order chi connectivity index (χ1) is 7.16. The third-order valence-corrected chi connectivity index (χ3v) is 3.04. The molecule has 1 heterocycles. The molecule has 1 fully saturated rings. The lowest BCUT2D eigenvalue weighted by molar-refractivity contribution is 0.0924. The predicted octanol–water partition coefficient (Wildman–Crippen LogP) is 1.70. The Hall–Kier alpha value is -0.770. The summed E-state index contributed by atoms with van der Waals surface area (Å²) in [5.74, 6) is -0.111. The zero-order chi connectivity index (χ0) is 10.8. The minimum atomic E-state index is -0.111. The smallest absolute Gasteiger partial charge is 0.251 e. The van der Waals surface area contributed by atoms with E-state index in [0.717, 1.165) is 13.1 Å². The van der Waals surface area contributed by atoms with Crippen molar-refractivity contribution in [3.63, 3.8) is 0 Å². The molecule has 0 radical (unpaired) electrons. The highest BCUT2D eigenvalue weighted by Crippen LogP contribution is 2.22. The van der Waals surface area contributed by atoms with Crippen LogP contribution < -0.4 is 10.6 Å². The third-order valence-electron chi connectivity index (χ3n) is 2.30. The molecular weight excluding hydrogens is 235 g/mol. The van der Waals surface area contributed by atoms with Crippen LogP contribution in [-0.4, -0.2) is 25.0 Å². The Morgan fingerprint density at radius 2 is 2.07 bits per heavy atom. The molecule has 1 aliphatic heterocycles. The summed E-state index contributed by atoms with van der Waals surface area (Å²) in [5, 5.41) is 6.81. The van der Waals surface area contributed by atoms with Gasteiger partial charge in [-0.15, -0.1) is 0 Å². The van der Waals surface area contributed by atoms with E-state index in [1.807, 2.05) is 0 Å². The number of carbonyl (C=O) groups excluding carboxylic acids is 1. The van der Waals surface area contributed by atoms with Gasteiger partial charge in [0.15, 0.2) is 0 Å². The second-order valence-corrected chi connectivity index (χ2v) is 4.27. The van der Waals surface area contributed by atoms with E-state index in [1.54, 1.807) is 18.2 Å². The van der Waals surface area contributed by atoms with E-state index in [0.29, 0.717) is 15.6 Å². The van der Waals surface area contributed by atoms with Crippen LogP contribution in [0.3, 0.4) is 0 Å². The molecule has 0 bridgehead atoms. The second-order valence-electron chi connectivity index (χ2n) is 3.46. The Bertz CT molecular complexity index is 391. The van der Waals surface area contributed by atoms with Gasteiger partial charge in [-0.25, -0.2) is 0 Å². The summed E-state index contributed by atoms with van der Waals surface area (Å²) in [4.78, 5) is 11.7. The van der Waals surface area contributed by atoms with Gasteiger partial charge >= 0.3 is 0 Å². The molecule has 1 amide bonds. The van der Waals surface area contributed by atoms with Crippen LogP contribution in [0.15, 0.2) is 18.2 Å². The molecule has 0 aliphatic carbocycles. The van der Waals surface area contributed by atoms with Gasteiger partial charge in [-0.2, -0.15) is 0 Å². The minimum Gasteiger partial charge on any atom is -0.347 e. The SMILES string of the molecule is O=C(NC1CNC1)c1ccc(Cl)c(Cl)c1. The summed E-state index contributed by atoms with van der Waals surface area (Å²) in [7, 11) is 0. The van der Waals surface area contributed by atoms with Crippen molar-refractivity contribution in [2.24, 2.45) is 0 Å². The molecule has 0 saturated carbocycles. The van der Waals surface area contributed by atoms with Crippen molar-refractivity contribution in [3.8, 4) is 0 Å². The van der Waals surface area contributed by atoms with Gasteiger partial charge in [-0.3, -0.25) is 4.79 Å². The molecular formula is C10H10Cl2N2O. The molecule has 5 heteroatoms. The topological polar surface area (TPSA) is 41.1 Å². The average molecular weight is 245 g/mol. The highest BCUT2D eigenvalue weighted by atomic mass is 35.5. The molecule has 0 unspecified atom stereocenters. The van der Waals surface area contributed by atoms with Crippen molar-refractivity contribution in [1.29, 1.82) is 0 Å². The van der Waals surface area contributed by atoms with Crippen LogP contribution in [0.25, 0.3) is 0 Å². The van der Waals surface area contributed by atoms with Crippen molar-refractivity contribution >= 4 is 29.1 Å². The maximum Gasteiger partial charge on any atom is 0.251 e. The summed E-state index contributed by atoms with van der Waals surface area (Å²) in [5.41, 5.74) is 0.538. The van der Waals surface area contributed by atoms with Crippen molar-refractivity contribution < 1.29 is 4.79 Å². The third kappa shape index (κ3) is 2.43. The fraction of sp³-hybridized carbons (Fsp3) is 0.300. The van der Waals surface area contributed by atoms with Crippen LogP contribution in [0, 0.1) is 0 Å². The van der Waals surface area contributed by atoms with Crippen LogP contribution >= 0.6 is 23.2 Å². The van der Waals surface area contributed by atoms with Crippen LogP contribution in [0.4, 0.5) is 0 Å². The molecule has 80 valence electrons. The minimum absolute atomic E-state index is 0.111. The number of amides is 1. The van der Waals surface area contributed by atoms with E-state index in [4.69, 9.17) is 23.2 Å². The summed E-state index contributed by atoms with van der Waals surface area (Å²) in [6.45, 7) is 1.65. The molecule has 1 aromatic rings. The Balaban J connectivity index is 2.07. The molecule has 0 aromatic heterocycles. The molecule has 0 atom stereocenters. The summed E-state index contributed by atoms with van der Waals surface area (Å²) in [6, 6.07) is 5.09. The maximum absolute atomic E-state index is 11.7. The molecule has 1 saturated heterocycles. The Morgan fingerprint density at radius 3 is 2.60 bits per heavy atom. The standard InChI is InChI=1S/C10H10Cl2N2O/c11-8-2-1-6(3-9(8)12)10(15)14-7-4-13-5-7/h1-3,7,13H,4-5H2,(H,14,15). The van der Waals surface area contributed by atoms with E-state index in [1.165, 1.54) is 0 Å². The molecule has 15 heavy (non-hydrogen) atoms. The fourth-order valence-corrected chi connectivity index (χ4v) is 1.59. The second kappa shape index (κ2) is 4.39. The quantitative estimate of drug-likeness (QED) is 0.832. The largest absolute Gasteiger partial charge is 0.347 e. The number of rotatable bonds is 2. The number of nitrogens with one attached hydrogen (secondary N) is 2. The maximum atomic E-state index is 11.7. The van der Waals surface area contributed by atoms with Gasteiger partial charge in [0.25, 0.3) is 5.91 Å². The van der Waals surface area contributed by atoms with E-state index < -0.39 is 0 Å². The summed E-state index contributed by atoms with van der Waals surface area (Å²) >= 11 is 11.6. The van der Waals surface area contributed by atoms with Gasteiger partial charge in [0.1, 0.15) is 0 Å². The molecule has 2 rings (SSSR count). The first-order valence-corrected chi connectivity index (χ1v) is 5.39. The van der Waals surface area contributed by atoms with E-state index in [2.05, 4.69) is 10.6 Å². The Kier molecular flexibility index (Phi) is 3.14. The van der Waals surface area contributed by atoms with Crippen LogP contribution in [0.5, 0.6) is 0 Å². The number of hydrogen-bond acceptors (Lipinski definition) is 2. The van der Waals surface area contributed by atoms with Crippen molar-refractivity contribution in [3.05, 3.63) is 33.8 Å². The highest BCUT2D eigenvalue weighted by Gasteiger charge is 2.19. The first kappa shape index (κ1) is 10.7. The van der Waals surface area contributed by atoms with Gasteiger partial charge in [-0.1, -0.05) is 23.2 Å². The molecule has 3 nitrogen and oxygen atoms in total. The van der Waals surface area contributed by atoms with Gasteiger partial charge in [0.2, 0.25) is 0 Å². The highest BCUT2D eigenvalue weighted by molar-refractivity contribution is 6.42. The van der Waals surface area contributed by atoms with Crippen molar-refractivity contribution in [2.45, 2.75) is 6.04 Å². The molecule has 1 aromatic carbocycles. The zero-order valence-corrected chi connectivity index (χ0v) is 9.40. The lowest BCUT2D eigenvalue weighted by Crippen LogP contribution is -2.56. The number of carbonyl (C=O) groups is 1. The molecule has 0 spiro atoms. The van der Waals surface area contributed by atoms with E-state index >= 15 is 0 Å². The van der Waals surface area contributed by atoms with Crippen LogP contribution in [-0.2, 0) is 0 Å². The first-order valence-electron chi connectivity index (χ1n) is 4.63. The summed E-state index contributed by atoms with van der Waals surface area (Å²) in [6.07, 6.45) is 0. The zero-order valence-electron chi connectivity index (χ0n) is 7.89. The molecule has 1 aliphatic rings. The van der Waals surface area contributed by atoms with Crippen LogP contribution in [0.2, 0.25) is 10.0 Å². The van der Waals surface area contributed by atoms with Crippen molar-refractivity contribution in [1.82, 2.24) is 10.6 Å². The fourth-order valence-electron chi connectivity index (χ4n) is 1.30. The lowest BCUT2D eigenvalue weighted by atomic mass is 10.1. The molecule has 2 N–H and O–H groups in total. The van der Waals surface area contributed by atoms with E-state index in [-0.39, 0.29) is 11.9 Å². The number of benzene rings is 1. The monoisotopic (exact) mass is 244 g/mol. The van der Waals surface area contributed by atoms with E-state index in [9.17, 15) is 4.79 Å². The van der Waals surface area contributed by atoms with Gasteiger partial charge < -0.3 is 10.6 Å². The predicted molar refractivity (Wildman–Crippen MR) is 60.6 cm³/mol. The summed E-state index contributed by atoms with van der Waals surface area (Å²) < 4.78 is 0. The normalized spacial score (nSPS) is 15.9. The van der Waals surface area contributed by atoms with Gasteiger partial charge in [0.05, 0.1) is 16.1 Å². The number of halogens is 2. The Morgan fingerprint density at radius 1 is 1.33 bits per heavy atom. The van der Waals surface area contributed by atoms with Gasteiger partial charge in [-0.05, 0) is 18.2 Å².